The first kappa shape index (κ1) is 12.6. The molecule has 1 aliphatic rings. The Morgan fingerprint density at radius 1 is 1.26 bits per heavy atom. The van der Waals surface area contributed by atoms with Crippen LogP contribution in [0.15, 0.2) is 36.4 Å². The standard InChI is InChI=1S/C16H21N3/c1-17-14-6-4-10-19(11-14)12-15-9-8-13-5-2-3-7-16(13)18-15/h2-3,5,7-9,14,17H,4,6,10-12H2,1H3. The number of pyridine rings is 1. The van der Waals surface area contributed by atoms with Crippen molar-refractivity contribution < 1.29 is 0 Å². The van der Waals surface area contributed by atoms with Gasteiger partial charge in [0.1, 0.15) is 0 Å². The third-order valence-electron chi connectivity index (χ3n) is 3.96. The molecule has 1 saturated heterocycles. The van der Waals surface area contributed by atoms with Crippen molar-refractivity contribution in [3.63, 3.8) is 0 Å². The first-order valence-corrected chi connectivity index (χ1v) is 7.09. The number of aromatic nitrogens is 1. The summed E-state index contributed by atoms with van der Waals surface area (Å²) in [4.78, 5) is 7.26. The molecule has 3 nitrogen and oxygen atoms in total. The van der Waals surface area contributed by atoms with Gasteiger partial charge in [-0.05, 0) is 38.6 Å². The van der Waals surface area contributed by atoms with Crippen molar-refractivity contribution in [1.82, 2.24) is 15.2 Å². The molecule has 1 N–H and O–H groups in total. The molecule has 1 aromatic heterocycles. The van der Waals surface area contributed by atoms with E-state index in [9.17, 15) is 0 Å². The Morgan fingerprint density at radius 2 is 2.16 bits per heavy atom. The van der Waals surface area contributed by atoms with Crippen LogP contribution in [-0.4, -0.2) is 36.1 Å². The molecule has 1 aliphatic heterocycles. The minimum atomic E-state index is 0.634. The summed E-state index contributed by atoms with van der Waals surface area (Å²) in [5.74, 6) is 0. The molecule has 0 amide bonds. The maximum atomic E-state index is 4.76. The summed E-state index contributed by atoms with van der Waals surface area (Å²) in [6, 6.07) is 13.3. The van der Waals surface area contributed by atoms with Gasteiger partial charge in [0, 0.05) is 24.5 Å². The second-order valence-electron chi connectivity index (χ2n) is 5.36. The van der Waals surface area contributed by atoms with Crippen molar-refractivity contribution in [3.8, 4) is 0 Å². The van der Waals surface area contributed by atoms with Crippen LogP contribution in [0.4, 0.5) is 0 Å². The minimum Gasteiger partial charge on any atom is -0.316 e. The largest absolute Gasteiger partial charge is 0.316 e. The molecule has 100 valence electrons. The van der Waals surface area contributed by atoms with Crippen LogP contribution in [0.2, 0.25) is 0 Å². The molecule has 0 radical (unpaired) electrons. The predicted molar refractivity (Wildman–Crippen MR) is 79.1 cm³/mol. The third-order valence-corrected chi connectivity index (χ3v) is 3.96. The number of likely N-dealkylation sites (N-methyl/N-ethyl adjacent to an activating group) is 1. The Labute approximate surface area is 114 Å². The number of hydrogen-bond acceptors (Lipinski definition) is 3. The van der Waals surface area contributed by atoms with Gasteiger partial charge in [-0.3, -0.25) is 9.88 Å². The van der Waals surface area contributed by atoms with Crippen LogP contribution in [0.3, 0.4) is 0 Å². The highest BCUT2D eigenvalue weighted by atomic mass is 15.2. The topological polar surface area (TPSA) is 28.2 Å². The highest BCUT2D eigenvalue weighted by Gasteiger charge is 2.18. The quantitative estimate of drug-likeness (QED) is 0.913. The molecule has 2 heterocycles. The zero-order valence-electron chi connectivity index (χ0n) is 11.5. The molecule has 2 aromatic rings. The summed E-state index contributed by atoms with van der Waals surface area (Å²) in [7, 11) is 2.06. The first-order valence-electron chi connectivity index (χ1n) is 7.09. The SMILES string of the molecule is CNC1CCCN(Cc2ccc3ccccc3n2)C1. The van der Waals surface area contributed by atoms with Crippen LogP contribution < -0.4 is 5.32 Å². The Bertz CT molecular complexity index is 552. The number of hydrogen-bond donors (Lipinski definition) is 1. The van der Waals surface area contributed by atoms with E-state index in [1.54, 1.807) is 0 Å². The lowest BCUT2D eigenvalue weighted by Crippen LogP contribution is -2.43. The van der Waals surface area contributed by atoms with E-state index >= 15 is 0 Å². The molecule has 0 spiro atoms. The van der Waals surface area contributed by atoms with E-state index in [4.69, 9.17) is 4.98 Å². The summed E-state index contributed by atoms with van der Waals surface area (Å²) in [5, 5.41) is 4.61. The summed E-state index contributed by atoms with van der Waals surface area (Å²) in [6.45, 7) is 3.28. The van der Waals surface area contributed by atoms with Gasteiger partial charge in [0.25, 0.3) is 0 Å². The highest BCUT2D eigenvalue weighted by molar-refractivity contribution is 5.78. The number of nitrogens with one attached hydrogen (secondary N) is 1. The van der Waals surface area contributed by atoms with Gasteiger partial charge in [-0.2, -0.15) is 0 Å². The average Bonchev–Trinajstić information content (AvgIpc) is 2.47. The molecule has 19 heavy (non-hydrogen) atoms. The van der Waals surface area contributed by atoms with E-state index in [2.05, 4.69) is 53.7 Å². The van der Waals surface area contributed by atoms with Crippen LogP contribution in [0.25, 0.3) is 10.9 Å². The first-order chi connectivity index (χ1) is 9.35. The van der Waals surface area contributed by atoms with Gasteiger partial charge in [0.2, 0.25) is 0 Å². The fourth-order valence-electron chi connectivity index (χ4n) is 2.86. The van der Waals surface area contributed by atoms with Gasteiger partial charge in [-0.15, -0.1) is 0 Å². The molecule has 0 bridgehead atoms. The smallest absolute Gasteiger partial charge is 0.0705 e. The zero-order valence-corrected chi connectivity index (χ0v) is 11.5. The second-order valence-corrected chi connectivity index (χ2v) is 5.36. The van der Waals surface area contributed by atoms with Crippen LogP contribution in [0, 0.1) is 0 Å². The summed E-state index contributed by atoms with van der Waals surface area (Å²) >= 11 is 0. The fraction of sp³-hybridized carbons (Fsp3) is 0.438. The maximum absolute atomic E-state index is 4.76. The van der Waals surface area contributed by atoms with E-state index in [0.29, 0.717) is 6.04 Å². The van der Waals surface area contributed by atoms with Crippen LogP contribution in [0.5, 0.6) is 0 Å². The monoisotopic (exact) mass is 255 g/mol. The molecule has 1 unspecified atom stereocenters. The Balaban J connectivity index is 1.74. The van der Waals surface area contributed by atoms with Crippen LogP contribution in [-0.2, 0) is 6.54 Å². The normalized spacial score (nSPS) is 20.8. The van der Waals surface area contributed by atoms with E-state index in [1.807, 2.05) is 0 Å². The highest BCUT2D eigenvalue weighted by Crippen LogP contribution is 2.16. The number of piperidine rings is 1. The van der Waals surface area contributed by atoms with Gasteiger partial charge in [-0.1, -0.05) is 24.3 Å². The van der Waals surface area contributed by atoms with Gasteiger partial charge in [0.05, 0.1) is 11.2 Å². The number of fused-ring (bicyclic) bond motifs is 1. The number of benzene rings is 1. The van der Waals surface area contributed by atoms with Crippen molar-refractivity contribution >= 4 is 10.9 Å². The molecule has 3 heteroatoms. The van der Waals surface area contributed by atoms with E-state index in [0.717, 1.165) is 18.6 Å². The molecule has 1 aromatic carbocycles. The van der Waals surface area contributed by atoms with E-state index < -0.39 is 0 Å². The number of para-hydroxylation sites is 1. The van der Waals surface area contributed by atoms with Crippen molar-refractivity contribution in [2.45, 2.75) is 25.4 Å². The summed E-state index contributed by atoms with van der Waals surface area (Å²) < 4.78 is 0. The van der Waals surface area contributed by atoms with Crippen LogP contribution >= 0.6 is 0 Å². The summed E-state index contributed by atoms with van der Waals surface area (Å²) in [6.07, 6.45) is 2.57. The van der Waals surface area contributed by atoms with E-state index in [1.165, 1.54) is 30.5 Å². The number of likely N-dealkylation sites (tertiary alicyclic amines) is 1. The molecular weight excluding hydrogens is 234 g/mol. The van der Waals surface area contributed by atoms with Gasteiger partial charge in [0.15, 0.2) is 0 Å². The van der Waals surface area contributed by atoms with Gasteiger partial charge < -0.3 is 5.32 Å². The maximum Gasteiger partial charge on any atom is 0.0705 e. The van der Waals surface area contributed by atoms with Crippen molar-refractivity contribution in [2.75, 3.05) is 20.1 Å². The van der Waals surface area contributed by atoms with Crippen LogP contribution in [0.1, 0.15) is 18.5 Å². The lowest BCUT2D eigenvalue weighted by atomic mass is 10.1. The Kier molecular flexibility index (Phi) is 3.76. The lowest BCUT2D eigenvalue weighted by molar-refractivity contribution is 0.186. The number of nitrogens with zero attached hydrogens (tertiary/aromatic N) is 2. The molecule has 1 atom stereocenters. The molecule has 3 rings (SSSR count). The lowest BCUT2D eigenvalue weighted by Gasteiger charge is -2.32. The van der Waals surface area contributed by atoms with Crippen molar-refractivity contribution in [3.05, 3.63) is 42.1 Å². The predicted octanol–water partition coefficient (Wildman–Crippen LogP) is 2.42. The fourth-order valence-corrected chi connectivity index (χ4v) is 2.86. The van der Waals surface area contributed by atoms with E-state index in [-0.39, 0.29) is 0 Å². The molecule has 0 aliphatic carbocycles. The van der Waals surface area contributed by atoms with Crippen molar-refractivity contribution in [1.29, 1.82) is 0 Å². The Morgan fingerprint density at radius 3 is 3.05 bits per heavy atom. The van der Waals surface area contributed by atoms with Crippen molar-refractivity contribution in [2.24, 2.45) is 0 Å². The Hall–Kier alpha value is -1.45. The number of rotatable bonds is 3. The average molecular weight is 255 g/mol. The van der Waals surface area contributed by atoms with Gasteiger partial charge >= 0.3 is 0 Å². The minimum absolute atomic E-state index is 0.634. The van der Waals surface area contributed by atoms with Gasteiger partial charge in [-0.25, -0.2) is 0 Å². The molecule has 0 saturated carbocycles. The second kappa shape index (κ2) is 5.68. The molecule has 1 fully saturated rings. The summed E-state index contributed by atoms with van der Waals surface area (Å²) in [5.41, 5.74) is 2.28. The third kappa shape index (κ3) is 2.94. The zero-order chi connectivity index (χ0) is 13.1. The molecular formula is C16H21N3.